The summed E-state index contributed by atoms with van der Waals surface area (Å²) >= 11 is 0. The highest BCUT2D eigenvalue weighted by atomic mass is 16.5. The molecule has 0 unspecified atom stereocenters. The summed E-state index contributed by atoms with van der Waals surface area (Å²) < 4.78 is 5.22. The Bertz CT molecular complexity index is 651. The van der Waals surface area contributed by atoms with Crippen LogP contribution in [0.3, 0.4) is 0 Å². The van der Waals surface area contributed by atoms with Gasteiger partial charge in [0.1, 0.15) is 5.75 Å². The lowest BCUT2D eigenvalue weighted by Crippen LogP contribution is -2.15. The molecule has 2 rings (SSSR count). The van der Waals surface area contributed by atoms with Crippen LogP contribution in [0.1, 0.15) is 35.7 Å². The van der Waals surface area contributed by atoms with E-state index >= 15 is 0 Å². The normalized spacial score (nSPS) is 10.5. The van der Waals surface area contributed by atoms with E-state index in [9.17, 15) is 4.79 Å². The molecular formula is C17H20N2O2. The van der Waals surface area contributed by atoms with Crippen LogP contribution in [0.4, 0.5) is 11.4 Å². The largest absolute Gasteiger partial charge is 0.496 e. The fraction of sp³-hybridized carbons (Fsp3) is 0.235. The predicted molar refractivity (Wildman–Crippen MR) is 85.9 cm³/mol. The molecule has 4 heteroatoms. The van der Waals surface area contributed by atoms with Crippen LogP contribution in [0, 0.1) is 0 Å². The van der Waals surface area contributed by atoms with E-state index in [1.807, 2.05) is 24.3 Å². The minimum absolute atomic E-state index is 0.229. The van der Waals surface area contributed by atoms with Gasteiger partial charge in [-0.05, 0) is 35.7 Å². The molecule has 0 atom stereocenters. The molecule has 0 radical (unpaired) electrons. The number of carbonyl (C=O) groups is 1. The molecule has 0 aliphatic heterocycles. The number of rotatable bonds is 4. The van der Waals surface area contributed by atoms with Crippen molar-refractivity contribution in [2.45, 2.75) is 19.8 Å². The van der Waals surface area contributed by atoms with Crippen molar-refractivity contribution >= 4 is 17.3 Å². The number of para-hydroxylation sites is 1. The summed E-state index contributed by atoms with van der Waals surface area (Å²) in [7, 11) is 1.53. The molecule has 3 N–H and O–H groups in total. The third-order valence-electron chi connectivity index (χ3n) is 3.30. The van der Waals surface area contributed by atoms with Crippen LogP contribution in [0.15, 0.2) is 42.5 Å². The molecule has 0 aromatic heterocycles. The Balaban J connectivity index is 2.33. The van der Waals surface area contributed by atoms with E-state index < -0.39 is 0 Å². The van der Waals surface area contributed by atoms with Gasteiger partial charge in [0.15, 0.2) is 0 Å². The quantitative estimate of drug-likeness (QED) is 0.842. The molecule has 0 aliphatic carbocycles. The Morgan fingerprint density at radius 3 is 2.57 bits per heavy atom. The lowest BCUT2D eigenvalue weighted by molar-refractivity contribution is 0.102. The van der Waals surface area contributed by atoms with E-state index in [1.54, 1.807) is 18.2 Å². The number of hydrogen-bond donors (Lipinski definition) is 2. The fourth-order valence-corrected chi connectivity index (χ4v) is 2.21. The van der Waals surface area contributed by atoms with Crippen LogP contribution in [0.25, 0.3) is 0 Å². The average molecular weight is 284 g/mol. The van der Waals surface area contributed by atoms with Crippen molar-refractivity contribution in [3.8, 4) is 5.75 Å². The highest BCUT2D eigenvalue weighted by molar-refractivity contribution is 6.07. The molecule has 21 heavy (non-hydrogen) atoms. The predicted octanol–water partition coefficient (Wildman–Crippen LogP) is 3.65. The first-order valence-corrected chi connectivity index (χ1v) is 6.86. The zero-order valence-electron chi connectivity index (χ0n) is 12.5. The number of nitrogens with one attached hydrogen (secondary N) is 1. The number of anilines is 2. The molecule has 1 amide bonds. The SMILES string of the molecule is COc1ccc(N)cc1C(=O)Nc1ccccc1C(C)C. The zero-order valence-corrected chi connectivity index (χ0v) is 12.5. The van der Waals surface area contributed by atoms with E-state index in [2.05, 4.69) is 19.2 Å². The number of methoxy groups -OCH3 is 1. The molecule has 0 saturated carbocycles. The number of nitrogen functional groups attached to an aromatic ring is 1. The Morgan fingerprint density at radius 2 is 1.90 bits per heavy atom. The summed E-state index contributed by atoms with van der Waals surface area (Å²) in [5, 5.41) is 2.94. The van der Waals surface area contributed by atoms with E-state index in [0.29, 0.717) is 22.9 Å². The molecule has 0 saturated heterocycles. The van der Waals surface area contributed by atoms with Crippen molar-refractivity contribution in [2.75, 3.05) is 18.2 Å². The third kappa shape index (κ3) is 3.34. The second-order valence-electron chi connectivity index (χ2n) is 5.16. The zero-order chi connectivity index (χ0) is 15.4. The Kier molecular flexibility index (Phi) is 4.48. The summed E-state index contributed by atoms with van der Waals surface area (Å²) in [5.41, 5.74) is 8.61. The van der Waals surface area contributed by atoms with Gasteiger partial charge in [-0.2, -0.15) is 0 Å². The topological polar surface area (TPSA) is 64.3 Å². The number of nitrogens with two attached hydrogens (primary N) is 1. The smallest absolute Gasteiger partial charge is 0.259 e. The molecule has 0 bridgehead atoms. The summed E-state index contributed by atoms with van der Waals surface area (Å²) in [6.07, 6.45) is 0. The van der Waals surface area contributed by atoms with Gasteiger partial charge in [0.25, 0.3) is 5.91 Å². The van der Waals surface area contributed by atoms with Crippen molar-refractivity contribution < 1.29 is 9.53 Å². The van der Waals surface area contributed by atoms with Crippen LogP contribution in [-0.4, -0.2) is 13.0 Å². The van der Waals surface area contributed by atoms with Crippen molar-refractivity contribution in [1.29, 1.82) is 0 Å². The molecule has 4 nitrogen and oxygen atoms in total. The maximum absolute atomic E-state index is 12.5. The first kappa shape index (κ1) is 14.9. The van der Waals surface area contributed by atoms with Gasteiger partial charge < -0.3 is 15.8 Å². The first-order valence-electron chi connectivity index (χ1n) is 6.86. The van der Waals surface area contributed by atoms with E-state index in [-0.39, 0.29) is 5.91 Å². The summed E-state index contributed by atoms with van der Waals surface area (Å²) in [6.45, 7) is 4.18. The van der Waals surface area contributed by atoms with Gasteiger partial charge in [0, 0.05) is 11.4 Å². The molecule has 0 fully saturated rings. The molecule has 0 heterocycles. The maximum atomic E-state index is 12.5. The monoisotopic (exact) mass is 284 g/mol. The Hall–Kier alpha value is -2.49. The van der Waals surface area contributed by atoms with Crippen LogP contribution in [0.2, 0.25) is 0 Å². The number of hydrogen-bond acceptors (Lipinski definition) is 3. The number of carbonyl (C=O) groups excluding carboxylic acids is 1. The van der Waals surface area contributed by atoms with Gasteiger partial charge in [0.05, 0.1) is 12.7 Å². The maximum Gasteiger partial charge on any atom is 0.259 e. The minimum atomic E-state index is -0.229. The molecule has 2 aromatic carbocycles. The van der Waals surface area contributed by atoms with Gasteiger partial charge in [-0.25, -0.2) is 0 Å². The Morgan fingerprint density at radius 1 is 1.19 bits per heavy atom. The van der Waals surface area contributed by atoms with Gasteiger partial charge in [-0.3, -0.25) is 4.79 Å². The number of ether oxygens (including phenoxy) is 1. The first-order chi connectivity index (χ1) is 10.0. The summed E-state index contributed by atoms with van der Waals surface area (Å²) in [4.78, 5) is 12.5. The second-order valence-corrected chi connectivity index (χ2v) is 5.16. The number of benzene rings is 2. The lowest BCUT2D eigenvalue weighted by atomic mass is 10.0. The van der Waals surface area contributed by atoms with Crippen molar-refractivity contribution in [2.24, 2.45) is 0 Å². The van der Waals surface area contributed by atoms with E-state index in [4.69, 9.17) is 10.5 Å². The molecule has 0 spiro atoms. The molecule has 0 aliphatic rings. The van der Waals surface area contributed by atoms with Gasteiger partial charge >= 0.3 is 0 Å². The van der Waals surface area contributed by atoms with Crippen LogP contribution in [0.5, 0.6) is 5.75 Å². The summed E-state index contributed by atoms with van der Waals surface area (Å²) in [6, 6.07) is 12.8. The Labute approximate surface area is 124 Å². The summed E-state index contributed by atoms with van der Waals surface area (Å²) in [5.74, 6) is 0.597. The highest BCUT2D eigenvalue weighted by Gasteiger charge is 2.15. The molecule has 2 aromatic rings. The molecular weight excluding hydrogens is 264 g/mol. The number of amides is 1. The van der Waals surface area contributed by atoms with E-state index in [1.165, 1.54) is 7.11 Å². The van der Waals surface area contributed by atoms with Crippen molar-refractivity contribution in [3.05, 3.63) is 53.6 Å². The average Bonchev–Trinajstić information content (AvgIpc) is 2.47. The van der Waals surface area contributed by atoms with Crippen LogP contribution >= 0.6 is 0 Å². The standard InChI is InChI=1S/C17H20N2O2/c1-11(2)13-6-4-5-7-15(13)19-17(20)14-10-12(18)8-9-16(14)21-3/h4-11H,18H2,1-3H3,(H,19,20). The van der Waals surface area contributed by atoms with Crippen molar-refractivity contribution in [3.63, 3.8) is 0 Å². The molecule has 110 valence electrons. The highest BCUT2D eigenvalue weighted by Crippen LogP contribution is 2.26. The van der Waals surface area contributed by atoms with Gasteiger partial charge in [0.2, 0.25) is 0 Å². The van der Waals surface area contributed by atoms with Crippen LogP contribution < -0.4 is 15.8 Å². The van der Waals surface area contributed by atoms with Gasteiger partial charge in [-0.1, -0.05) is 32.0 Å². The van der Waals surface area contributed by atoms with E-state index in [0.717, 1.165) is 11.3 Å². The fourth-order valence-electron chi connectivity index (χ4n) is 2.21. The second kappa shape index (κ2) is 6.31. The third-order valence-corrected chi connectivity index (χ3v) is 3.30. The minimum Gasteiger partial charge on any atom is -0.496 e. The van der Waals surface area contributed by atoms with Crippen LogP contribution in [-0.2, 0) is 0 Å². The lowest BCUT2D eigenvalue weighted by Gasteiger charge is -2.15. The van der Waals surface area contributed by atoms with Gasteiger partial charge in [-0.15, -0.1) is 0 Å². The van der Waals surface area contributed by atoms with Crippen molar-refractivity contribution in [1.82, 2.24) is 0 Å².